The second-order valence-corrected chi connectivity index (χ2v) is 4.93. The van der Waals surface area contributed by atoms with Crippen LogP contribution >= 0.6 is 0 Å². The lowest BCUT2D eigenvalue weighted by molar-refractivity contribution is -0.690. The van der Waals surface area contributed by atoms with E-state index in [4.69, 9.17) is 0 Å². The molecule has 20 heavy (non-hydrogen) atoms. The van der Waals surface area contributed by atoms with E-state index < -0.39 is 17.7 Å². The van der Waals surface area contributed by atoms with Crippen LogP contribution in [0.2, 0.25) is 0 Å². The van der Waals surface area contributed by atoms with E-state index in [-0.39, 0.29) is 17.1 Å². The average molecular weight is 278 g/mol. The molecule has 0 spiro atoms. The first-order valence-corrected chi connectivity index (χ1v) is 6.40. The van der Waals surface area contributed by atoms with Crippen molar-refractivity contribution in [3.05, 3.63) is 58.7 Å². The van der Waals surface area contributed by atoms with Gasteiger partial charge in [-0.1, -0.05) is 6.07 Å². The van der Waals surface area contributed by atoms with E-state index in [1.807, 2.05) is 5.32 Å². The maximum atomic E-state index is 13.9. The number of phenols is 2. The third-order valence-corrected chi connectivity index (χ3v) is 3.70. The van der Waals surface area contributed by atoms with Crippen LogP contribution in [-0.2, 0) is 6.42 Å². The van der Waals surface area contributed by atoms with Crippen LogP contribution in [0.5, 0.6) is 11.5 Å². The molecule has 0 saturated carbocycles. The van der Waals surface area contributed by atoms with Crippen molar-refractivity contribution < 1.29 is 24.3 Å². The second kappa shape index (κ2) is 4.76. The molecule has 0 saturated heterocycles. The Hall–Kier alpha value is -2.14. The minimum absolute atomic E-state index is 0.0152. The Balaban J connectivity index is 2.17. The van der Waals surface area contributed by atoms with Gasteiger partial charge in [-0.2, -0.15) is 0 Å². The minimum atomic E-state index is -0.605. The van der Waals surface area contributed by atoms with E-state index in [0.717, 1.165) is 5.56 Å². The van der Waals surface area contributed by atoms with E-state index in [1.54, 1.807) is 0 Å². The third-order valence-electron chi connectivity index (χ3n) is 3.70. The summed E-state index contributed by atoms with van der Waals surface area (Å²) in [6.07, 6.45) is 0.676. The predicted molar refractivity (Wildman–Crippen MR) is 68.5 cm³/mol. The maximum Gasteiger partial charge on any atom is 0.157 e. The molecule has 2 aromatic rings. The normalized spacial score (nSPS) is 17.8. The SMILES string of the molecule is Oc1cc2c(cc1O)C(c1c(F)cccc1F)[NH2+]CC2. The molecule has 0 amide bonds. The first kappa shape index (κ1) is 12.9. The molecule has 0 bridgehead atoms. The van der Waals surface area contributed by atoms with Gasteiger partial charge in [0.15, 0.2) is 11.5 Å². The molecule has 0 fully saturated rings. The second-order valence-electron chi connectivity index (χ2n) is 4.93. The Morgan fingerprint density at radius 2 is 1.70 bits per heavy atom. The van der Waals surface area contributed by atoms with E-state index in [0.29, 0.717) is 18.5 Å². The number of fused-ring (bicyclic) bond motifs is 1. The number of hydrogen-bond acceptors (Lipinski definition) is 2. The Morgan fingerprint density at radius 1 is 1.05 bits per heavy atom. The highest BCUT2D eigenvalue weighted by Gasteiger charge is 2.30. The van der Waals surface area contributed by atoms with Gasteiger partial charge in [0.2, 0.25) is 0 Å². The predicted octanol–water partition coefficient (Wildman–Crippen LogP) is 1.58. The quantitative estimate of drug-likeness (QED) is 0.694. The van der Waals surface area contributed by atoms with Gasteiger partial charge in [0.25, 0.3) is 0 Å². The molecule has 1 heterocycles. The lowest BCUT2D eigenvalue weighted by Crippen LogP contribution is -2.87. The van der Waals surface area contributed by atoms with Gasteiger partial charge in [-0.15, -0.1) is 0 Å². The van der Waals surface area contributed by atoms with Gasteiger partial charge in [-0.3, -0.25) is 0 Å². The summed E-state index contributed by atoms with van der Waals surface area (Å²) in [7, 11) is 0. The zero-order valence-electron chi connectivity index (χ0n) is 10.6. The molecule has 104 valence electrons. The smallest absolute Gasteiger partial charge is 0.157 e. The standard InChI is InChI=1S/C15H13F2NO2/c16-10-2-1-3-11(17)14(10)15-9-7-13(20)12(19)6-8(9)4-5-18-15/h1-3,6-7,15,18-20H,4-5H2/p+1. The van der Waals surface area contributed by atoms with Gasteiger partial charge in [0.05, 0.1) is 12.1 Å². The van der Waals surface area contributed by atoms with Gasteiger partial charge < -0.3 is 15.5 Å². The van der Waals surface area contributed by atoms with Crippen molar-refractivity contribution >= 4 is 0 Å². The molecule has 2 aromatic carbocycles. The van der Waals surface area contributed by atoms with Gasteiger partial charge in [-0.25, -0.2) is 8.78 Å². The van der Waals surface area contributed by atoms with Crippen LogP contribution in [0.4, 0.5) is 8.78 Å². The molecule has 0 aliphatic carbocycles. The number of benzene rings is 2. The van der Waals surface area contributed by atoms with Crippen molar-refractivity contribution in [2.45, 2.75) is 12.5 Å². The van der Waals surface area contributed by atoms with Crippen molar-refractivity contribution in [3.63, 3.8) is 0 Å². The Morgan fingerprint density at radius 3 is 2.40 bits per heavy atom. The summed E-state index contributed by atoms with van der Waals surface area (Å²) < 4.78 is 27.9. The fourth-order valence-corrected chi connectivity index (χ4v) is 2.76. The summed E-state index contributed by atoms with van der Waals surface area (Å²) in [5.74, 6) is -1.70. The highest BCUT2D eigenvalue weighted by molar-refractivity contribution is 5.49. The van der Waals surface area contributed by atoms with E-state index in [2.05, 4.69) is 0 Å². The maximum absolute atomic E-state index is 13.9. The van der Waals surface area contributed by atoms with Gasteiger partial charge in [-0.05, 0) is 29.8 Å². The fraction of sp³-hybridized carbons (Fsp3) is 0.200. The van der Waals surface area contributed by atoms with Crippen molar-refractivity contribution in [2.24, 2.45) is 0 Å². The van der Waals surface area contributed by atoms with Crippen LogP contribution < -0.4 is 5.32 Å². The van der Waals surface area contributed by atoms with Crippen LogP contribution in [0.25, 0.3) is 0 Å². The molecule has 0 radical (unpaired) electrons. The molecule has 0 aromatic heterocycles. The summed E-state index contributed by atoms with van der Waals surface area (Å²) >= 11 is 0. The summed E-state index contributed by atoms with van der Waals surface area (Å²) in [4.78, 5) is 0. The van der Waals surface area contributed by atoms with Crippen LogP contribution in [0.1, 0.15) is 22.7 Å². The molecule has 4 N–H and O–H groups in total. The molecule has 5 heteroatoms. The van der Waals surface area contributed by atoms with Crippen LogP contribution in [-0.4, -0.2) is 16.8 Å². The van der Waals surface area contributed by atoms with E-state index in [9.17, 15) is 19.0 Å². The molecule has 1 aliphatic heterocycles. The topological polar surface area (TPSA) is 57.1 Å². The number of quaternary nitrogens is 1. The summed E-state index contributed by atoms with van der Waals surface area (Å²) in [6, 6.07) is 6.07. The molecule has 1 aliphatic rings. The molecule has 1 atom stereocenters. The van der Waals surface area contributed by atoms with Crippen LogP contribution in [0.3, 0.4) is 0 Å². The highest BCUT2D eigenvalue weighted by Crippen LogP contribution is 2.35. The Labute approximate surface area is 114 Å². The van der Waals surface area contributed by atoms with Crippen molar-refractivity contribution in [1.82, 2.24) is 0 Å². The molecular weight excluding hydrogens is 264 g/mol. The highest BCUT2D eigenvalue weighted by atomic mass is 19.1. The number of hydrogen-bond donors (Lipinski definition) is 3. The molecule has 1 unspecified atom stereocenters. The molecular formula is C15H14F2NO2+. The molecule has 3 rings (SSSR count). The average Bonchev–Trinajstić information content (AvgIpc) is 2.40. The van der Waals surface area contributed by atoms with E-state index in [1.165, 1.54) is 30.3 Å². The number of phenolic OH excluding ortho intramolecular Hbond substituents is 2. The van der Waals surface area contributed by atoms with Gasteiger partial charge >= 0.3 is 0 Å². The van der Waals surface area contributed by atoms with Gasteiger partial charge in [0.1, 0.15) is 17.7 Å². The summed E-state index contributed by atoms with van der Waals surface area (Å²) in [5, 5.41) is 21.0. The lowest BCUT2D eigenvalue weighted by atomic mass is 9.89. The van der Waals surface area contributed by atoms with Crippen molar-refractivity contribution in [2.75, 3.05) is 6.54 Å². The van der Waals surface area contributed by atoms with Crippen LogP contribution in [0, 0.1) is 11.6 Å². The van der Waals surface area contributed by atoms with Crippen molar-refractivity contribution in [3.8, 4) is 11.5 Å². The molecule has 3 nitrogen and oxygen atoms in total. The largest absolute Gasteiger partial charge is 0.504 e. The summed E-state index contributed by atoms with van der Waals surface area (Å²) in [6.45, 7) is 0.662. The first-order chi connectivity index (χ1) is 9.58. The number of halogens is 2. The van der Waals surface area contributed by atoms with Crippen LogP contribution in [0.15, 0.2) is 30.3 Å². The fourth-order valence-electron chi connectivity index (χ4n) is 2.76. The van der Waals surface area contributed by atoms with Gasteiger partial charge in [0, 0.05) is 12.0 Å². The number of rotatable bonds is 1. The number of nitrogens with two attached hydrogens (primary N) is 1. The summed E-state index contributed by atoms with van der Waals surface area (Å²) in [5.41, 5.74) is 1.42. The zero-order valence-corrected chi connectivity index (χ0v) is 10.6. The zero-order chi connectivity index (χ0) is 14.3. The number of aromatic hydroxyl groups is 2. The Kier molecular flexibility index (Phi) is 3.06. The lowest BCUT2D eigenvalue weighted by Gasteiger charge is -2.25. The minimum Gasteiger partial charge on any atom is -0.504 e. The van der Waals surface area contributed by atoms with Crippen molar-refractivity contribution in [1.29, 1.82) is 0 Å². The van der Waals surface area contributed by atoms with E-state index >= 15 is 0 Å². The monoisotopic (exact) mass is 278 g/mol. The Bertz CT molecular complexity index is 653. The first-order valence-electron chi connectivity index (χ1n) is 6.40. The third kappa shape index (κ3) is 2.00.